The summed E-state index contributed by atoms with van der Waals surface area (Å²) in [6, 6.07) is 7.96. The number of ether oxygens (including phenoxy) is 1. The molecule has 1 saturated heterocycles. The fraction of sp³-hybridized carbons (Fsp3) is 0.429. The van der Waals surface area contributed by atoms with Crippen molar-refractivity contribution in [3.05, 3.63) is 41.6 Å². The third-order valence-electron chi connectivity index (χ3n) is 5.18. The van der Waals surface area contributed by atoms with Gasteiger partial charge < -0.3 is 20.7 Å². The van der Waals surface area contributed by atoms with Crippen LogP contribution in [0, 0.1) is 0 Å². The summed E-state index contributed by atoms with van der Waals surface area (Å²) in [6.07, 6.45) is 4.40. The van der Waals surface area contributed by atoms with Crippen LogP contribution in [0.2, 0.25) is 0 Å². The number of aromatic nitrogens is 4. The van der Waals surface area contributed by atoms with Crippen molar-refractivity contribution < 1.29 is 9.53 Å². The summed E-state index contributed by atoms with van der Waals surface area (Å²) in [4.78, 5) is 20.1. The van der Waals surface area contributed by atoms with Gasteiger partial charge in [-0.15, -0.1) is 0 Å². The summed E-state index contributed by atoms with van der Waals surface area (Å²) < 4.78 is 7.20. The van der Waals surface area contributed by atoms with E-state index in [1.54, 1.807) is 4.52 Å². The number of carbonyl (C=O) groups is 1. The zero-order valence-electron chi connectivity index (χ0n) is 17.3. The minimum absolute atomic E-state index is 0.297. The van der Waals surface area contributed by atoms with Crippen LogP contribution in [0.25, 0.3) is 5.65 Å². The summed E-state index contributed by atoms with van der Waals surface area (Å²) in [7, 11) is 0. The van der Waals surface area contributed by atoms with E-state index >= 15 is 0 Å². The molecule has 3 N–H and O–H groups in total. The summed E-state index contributed by atoms with van der Waals surface area (Å²) in [5, 5.41) is 14.0. The Labute approximate surface area is 175 Å². The highest BCUT2D eigenvalue weighted by Crippen LogP contribution is 2.23. The van der Waals surface area contributed by atoms with Crippen molar-refractivity contribution in [2.75, 3.05) is 29.2 Å². The summed E-state index contributed by atoms with van der Waals surface area (Å²) >= 11 is 0. The van der Waals surface area contributed by atoms with Crippen LogP contribution in [-0.4, -0.2) is 45.2 Å². The van der Waals surface area contributed by atoms with E-state index in [2.05, 4.69) is 34.9 Å². The molecule has 30 heavy (non-hydrogen) atoms. The molecule has 9 nitrogen and oxygen atoms in total. The van der Waals surface area contributed by atoms with Gasteiger partial charge in [0.1, 0.15) is 0 Å². The molecular formula is C21H27N7O2. The third kappa shape index (κ3) is 4.51. The minimum atomic E-state index is 0.297. The van der Waals surface area contributed by atoms with E-state index in [0.29, 0.717) is 36.8 Å². The third-order valence-corrected chi connectivity index (χ3v) is 5.18. The monoisotopic (exact) mass is 409 g/mol. The highest BCUT2D eigenvalue weighted by molar-refractivity contribution is 5.71. The fourth-order valence-corrected chi connectivity index (χ4v) is 3.53. The molecule has 0 aliphatic carbocycles. The molecule has 3 aromatic rings. The number of nitrogens with one attached hydrogen (secondary N) is 3. The first-order valence-electron chi connectivity index (χ1n) is 10.3. The number of fused-ring (bicyclic) bond motifs is 1. The molecule has 0 saturated carbocycles. The summed E-state index contributed by atoms with van der Waals surface area (Å²) in [6.45, 7) is 6.29. The van der Waals surface area contributed by atoms with Crippen LogP contribution >= 0.6 is 0 Å². The zero-order chi connectivity index (χ0) is 20.9. The zero-order valence-corrected chi connectivity index (χ0v) is 17.3. The number of benzene rings is 1. The number of hydrogen-bond acceptors (Lipinski definition) is 7. The fourth-order valence-electron chi connectivity index (χ4n) is 3.53. The average molecular weight is 409 g/mol. The van der Waals surface area contributed by atoms with Crippen molar-refractivity contribution in [1.29, 1.82) is 0 Å². The maximum atomic E-state index is 10.7. The van der Waals surface area contributed by atoms with E-state index in [1.165, 1.54) is 0 Å². The number of anilines is 3. The first-order valence-corrected chi connectivity index (χ1v) is 10.3. The molecule has 1 aromatic carbocycles. The van der Waals surface area contributed by atoms with Crippen molar-refractivity contribution in [3.8, 4) is 0 Å². The topological polar surface area (TPSA) is 105 Å². The van der Waals surface area contributed by atoms with E-state index in [0.717, 1.165) is 48.5 Å². The Morgan fingerprint density at radius 2 is 2.10 bits per heavy atom. The smallest absolute Gasteiger partial charge is 0.229 e. The molecule has 1 amide bonds. The van der Waals surface area contributed by atoms with Gasteiger partial charge >= 0.3 is 0 Å². The Balaban J connectivity index is 1.61. The molecule has 1 aliphatic rings. The van der Waals surface area contributed by atoms with Crippen LogP contribution < -0.4 is 16.0 Å². The van der Waals surface area contributed by atoms with Crippen LogP contribution in [0.1, 0.15) is 43.7 Å². The van der Waals surface area contributed by atoms with Gasteiger partial charge in [0.25, 0.3) is 0 Å². The number of nitrogens with zero attached hydrogens (tertiary/aromatic N) is 4. The Morgan fingerprint density at radius 3 is 2.87 bits per heavy atom. The summed E-state index contributed by atoms with van der Waals surface area (Å²) in [5.74, 6) is 1.51. The van der Waals surface area contributed by atoms with Crippen LogP contribution in [0.3, 0.4) is 0 Å². The molecule has 158 valence electrons. The number of hydrogen-bond donors (Lipinski definition) is 3. The molecule has 3 heterocycles. The second-order valence-electron chi connectivity index (χ2n) is 7.71. The number of amides is 1. The molecule has 2 aromatic heterocycles. The molecule has 9 heteroatoms. The average Bonchev–Trinajstić information content (AvgIpc) is 3.18. The Morgan fingerprint density at radius 1 is 1.27 bits per heavy atom. The Bertz CT molecular complexity index is 1010. The lowest BCUT2D eigenvalue weighted by Gasteiger charge is -2.23. The van der Waals surface area contributed by atoms with Crippen molar-refractivity contribution in [2.24, 2.45) is 0 Å². The van der Waals surface area contributed by atoms with Gasteiger partial charge in [0.05, 0.1) is 6.20 Å². The van der Waals surface area contributed by atoms with Crippen molar-refractivity contribution in [2.45, 2.75) is 45.2 Å². The molecule has 0 unspecified atom stereocenters. The standard InChI is InChI=1S/C21H27N7O2/c1-14(2)18-12-24-28-19(18)26-20(25-16-6-8-30-9-7-16)27-21(28)22-11-15-4-3-5-17(10-15)23-13-29/h3-5,10,12-14,16H,6-9,11H2,1-2H3,(H,23,29)(H2,22,25,26,27). The van der Waals surface area contributed by atoms with Gasteiger partial charge in [-0.05, 0) is 36.5 Å². The van der Waals surface area contributed by atoms with E-state index in [9.17, 15) is 4.79 Å². The molecule has 0 spiro atoms. The van der Waals surface area contributed by atoms with Crippen LogP contribution in [0.15, 0.2) is 30.5 Å². The molecule has 4 rings (SSSR count). The summed E-state index contributed by atoms with van der Waals surface area (Å²) in [5.41, 5.74) is 3.64. The highest BCUT2D eigenvalue weighted by atomic mass is 16.5. The maximum absolute atomic E-state index is 10.7. The van der Waals surface area contributed by atoms with Gasteiger partial charge in [0.15, 0.2) is 5.65 Å². The van der Waals surface area contributed by atoms with Gasteiger partial charge in [-0.2, -0.15) is 19.6 Å². The maximum Gasteiger partial charge on any atom is 0.229 e. The SMILES string of the molecule is CC(C)c1cnn2c(NCc3cccc(NC=O)c3)nc(NC3CCOCC3)nc12. The number of rotatable bonds is 8. The predicted molar refractivity (Wildman–Crippen MR) is 116 cm³/mol. The molecular weight excluding hydrogens is 382 g/mol. The number of carbonyl (C=O) groups excluding carboxylic acids is 1. The quantitative estimate of drug-likeness (QED) is 0.491. The highest BCUT2D eigenvalue weighted by Gasteiger charge is 2.18. The van der Waals surface area contributed by atoms with Crippen LogP contribution in [0.4, 0.5) is 17.6 Å². The van der Waals surface area contributed by atoms with Crippen molar-refractivity contribution in [3.63, 3.8) is 0 Å². The van der Waals surface area contributed by atoms with Crippen molar-refractivity contribution in [1.82, 2.24) is 19.6 Å². The lowest BCUT2D eigenvalue weighted by atomic mass is 10.1. The Kier molecular flexibility index (Phi) is 6.08. The normalized spacial score (nSPS) is 14.8. The van der Waals surface area contributed by atoms with Gasteiger partial charge in [-0.1, -0.05) is 26.0 Å². The van der Waals surface area contributed by atoms with Crippen molar-refractivity contribution >= 4 is 29.6 Å². The second kappa shape index (κ2) is 9.08. The molecule has 0 bridgehead atoms. The molecule has 1 fully saturated rings. The van der Waals surface area contributed by atoms with E-state index in [4.69, 9.17) is 14.7 Å². The van der Waals surface area contributed by atoms with Gasteiger partial charge in [0, 0.05) is 37.1 Å². The van der Waals surface area contributed by atoms with E-state index in [-0.39, 0.29) is 0 Å². The van der Waals surface area contributed by atoms with Gasteiger partial charge in [0.2, 0.25) is 18.3 Å². The Hall–Kier alpha value is -3.20. The molecule has 1 aliphatic heterocycles. The van der Waals surface area contributed by atoms with Gasteiger partial charge in [-0.3, -0.25) is 4.79 Å². The molecule has 0 atom stereocenters. The van der Waals surface area contributed by atoms with Gasteiger partial charge in [-0.25, -0.2) is 0 Å². The van der Waals surface area contributed by atoms with E-state index in [1.807, 2.05) is 30.5 Å². The first-order chi connectivity index (χ1) is 14.6. The van der Waals surface area contributed by atoms with Crippen LogP contribution in [0.5, 0.6) is 0 Å². The van der Waals surface area contributed by atoms with E-state index < -0.39 is 0 Å². The largest absolute Gasteiger partial charge is 0.381 e. The predicted octanol–water partition coefficient (Wildman–Crippen LogP) is 3.02. The lowest BCUT2D eigenvalue weighted by Crippen LogP contribution is -2.29. The van der Waals surface area contributed by atoms with Crippen LogP contribution in [-0.2, 0) is 16.1 Å². The molecule has 0 radical (unpaired) electrons. The first kappa shape index (κ1) is 20.1. The minimum Gasteiger partial charge on any atom is -0.381 e. The lowest BCUT2D eigenvalue weighted by molar-refractivity contribution is -0.105. The second-order valence-corrected chi connectivity index (χ2v) is 7.71.